The van der Waals surface area contributed by atoms with E-state index < -0.39 is 0 Å². The van der Waals surface area contributed by atoms with Crippen LogP contribution in [0.25, 0.3) is 0 Å². The van der Waals surface area contributed by atoms with Crippen molar-refractivity contribution in [3.8, 4) is 5.75 Å². The van der Waals surface area contributed by atoms with Crippen LogP contribution in [0.1, 0.15) is 24.2 Å². The van der Waals surface area contributed by atoms with Gasteiger partial charge < -0.3 is 14.4 Å². The lowest BCUT2D eigenvalue weighted by atomic mass is 10.1. The van der Waals surface area contributed by atoms with E-state index in [0.29, 0.717) is 37.6 Å². The first-order valence-electron chi connectivity index (χ1n) is 6.44. The van der Waals surface area contributed by atoms with E-state index in [9.17, 15) is 4.79 Å². The first-order valence-corrected chi connectivity index (χ1v) is 7.23. The normalized spacial score (nSPS) is 19.3. The molecule has 1 aromatic carbocycles. The van der Waals surface area contributed by atoms with Crippen molar-refractivity contribution < 1.29 is 14.3 Å². The molecule has 2 rings (SSSR count). The van der Waals surface area contributed by atoms with Crippen LogP contribution in [0.3, 0.4) is 0 Å². The number of benzene rings is 1. The molecule has 1 atom stereocenters. The van der Waals surface area contributed by atoms with Crippen molar-refractivity contribution in [1.82, 2.24) is 4.90 Å². The third-order valence-electron chi connectivity index (χ3n) is 2.96. The van der Waals surface area contributed by atoms with Gasteiger partial charge in [-0.05, 0) is 32.0 Å². The van der Waals surface area contributed by atoms with Crippen molar-refractivity contribution in [2.75, 3.05) is 26.3 Å². The van der Waals surface area contributed by atoms with Crippen molar-refractivity contribution in [1.29, 1.82) is 0 Å². The molecule has 0 unspecified atom stereocenters. The van der Waals surface area contributed by atoms with Crippen LogP contribution in [0.15, 0.2) is 22.7 Å². The molecule has 0 bridgehead atoms. The van der Waals surface area contributed by atoms with E-state index in [1.54, 1.807) is 6.07 Å². The molecule has 1 aliphatic heterocycles. The highest BCUT2D eigenvalue weighted by Crippen LogP contribution is 2.23. The minimum atomic E-state index is 0.0254. The zero-order valence-corrected chi connectivity index (χ0v) is 12.8. The molecule has 0 aromatic heterocycles. The standard InChI is InChI=1S/C14H18BrNO3/c1-3-18-13-7-11(6-12(15)8-13)14(17)16-4-5-19-10(2)9-16/h6-8,10H,3-5,9H2,1-2H3/t10-/m1/s1. The average molecular weight is 328 g/mol. The second-order valence-electron chi connectivity index (χ2n) is 4.54. The van der Waals surface area contributed by atoms with E-state index in [1.165, 1.54) is 0 Å². The Bertz CT molecular complexity index is 464. The fourth-order valence-electron chi connectivity index (χ4n) is 2.12. The van der Waals surface area contributed by atoms with Crippen LogP contribution in [0, 0.1) is 0 Å². The first kappa shape index (κ1) is 14.3. The SMILES string of the molecule is CCOc1cc(Br)cc(C(=O)N2CCO[C@H](C)C2)c1. The van der Waals surface area contributed by atoms with Gasteiger partial charge in [0.25, 0.3) is 5.91 Å². The van der Waals surface area contributed by atoms with Gasteiger partial charge in [0.2, 0.25) is 0 Å². The van der Waals surface area contributed by atoms with Crippen LogP contribution >= 0.6 is 15.9 Å². The molecule has 1 heterocycles. The van der Waals surface area contributed by atoms with Crippen molar-refractivity contribution in [2.45, 2.75) is 20.0 Å². The van der Waals surface area contributed by atoms with Crippen molar-refractivity contribution >= 4 is 21.8 Å². The highest BCUT2D eigenvalue weighted by molar-refractivity contribution is 9.10. The third-order valence-corrected chi connectivity index (χ3v) is 3.42. The number of carbonyl (C=O) groups excluding carboxylic acids is 1. The van der Waals surface area contributed by atoms with Gasteiger partial charge in [0, 0.05) is 23.1 Å². The zero-order chi connectivity index (χ0) is 13.8. The molecule has 1 aliphatic rings. The Hall–Kier alpha value is -1.07. The Morgan fingerprint density at radius 1 is 1.53 bits per heavy atom. The fourth-order valence-corrected chi connectivity index (χ4v) is 2.59. The van der Waals surface area contributed by atoms with Crippen LogP contribution in [0.4, 0.5) is 0 Å². The van der Waals surface area contributed by atoms with Gasteiger partial charge in [-0.2, -0.15) is 0 Å². The molecular formula is C14H18BrNO3. The number of amides is 1. The summed E-state index contributed by atoms with van der Waals surface area (Å²) < 4.78 is 11.8. The summed E-state index contributed by atoms with van der Waals surface area (Å²) in [6, 6.07) is 5.48. The molecule has 0 N–H and O–H groups in total. The van der Waals surface area contributed by atoms with Gasteiger partial charge >= 0.3 is 0 Å². The topological polar surface area (TPSA) is 38.8 Å². The Kier molecular flexibility index (Phi) is 4.82. The summed E-state index contributed by atoms with van der Waals surface area (Å²) in [7, 11) is 0. The van der Waals surface area contributed by atoms with Gasteiger partial charge in [-0.25, -0.2) is 0 Å². The van der Waals surface area contributed by atoms with E-state index in [4.69, 9.17) is 9.47 Å². The maximum absolute atomic E-state index is 12.4. The fraction of sp³-hybridized carbons (Fsp3) is 0.500. The lowest BCUT2D eigenvalue weighted by Gasteiger charge is -2.31. The number of morpholine rings is 1. The van der Waals surface area contributed by atoms with Gasteiger partial charge in [-0.1, -0.05) is 15.9 Å². The van der Waals surface area contributed by atoms with Crippen LogP contribution in [-0.2, 0) is 4.74 Å². The maximum Gasteiger partial charge on any atom is 0.254 e. The monoisotopic (exact) mass is 327 g/mol. The van der Waals surface area contributed by atoms with Gasteiger partial charge in [-0.3, -0.25) is 4.79 Å². The minimum Gasteiger partial charge on any atom is -0.494 e. The van der Waals surface area contributed by atoms with E-state index in [-0.39, 0.29) is 12.0 Å². The number of ether oxygens (including phenoxy) is 2. The molecule has 0 radical (unpaired) electrons. The number of hydrogen-bond donors (Lipinski definition) is 0. The van der Waals surface area contributed by atoms with E-state index >= 15 is 0 Å². The largest absolute Gasteiger partial charge is 0.494 e. The number of rotatable bonds is 3. The Morgan fingerprint density at radius 2 is 2.32 bits per heavy atom. The minimum absolute atomic E-state index is 0.0254. The van der Waals surface area contributed by atoms with Crippen LogP contribution in [-0.4, -0.2) is 43.2 Å². The molecule has 19 heavy (non-hydrogen) atoms. The van der Waals surface area contributed by atoms with Crippen LogP contribution < -0.4 is 4.74 Å². The quantitative estimate of drug-likeness (QED) is 0.856. The molecule has 1 amide bonds. The Morgan fingerprint density at radius 3 is 3.00 bits per heavy atom. The Balaban J connectivity index is 2.18. The molecule has 0 spiro atoms. The maximum atomic E-state index is 12.4. The summed E-state index contributed by atoms with van der Waals surface area (Å²) in [5.41, 5.74) is 0.645. The molecule has 1 fully saturated rings. The molecule has 4 nitrogen and oxygen atoms in total. The summed E-state index contributed by atoms with van der Waals surface area (Å²) in [6.45, 7) is 6.35. The molecule has 0 aliphatic carbocycles. The molecule has 104 valence electrons. The highest BCUT2D eigenvalue weighted by Gasteiger charge is 2.23. The predicted octanol–water partition coefficient (Wildman–Crippen LogP) is 2.71. The third kappa shape index (κ3) is 3.70. The number of carbonyl (C=O) groups is 1. The molecule has 1 aromatic rings. The van der Waals surface area contributed by atoms with E-state index in [0.717, 1.165) is 4.47 Å². The summed E-state index contributed by atoms with van der Waals surface area (Å²) in [4.78, 5) is 14.3. The van der Waals surface area contributed by atoms with Gasteiger partial charge in [0.1, 0.15) is 5.75 Å². The smallest absolute Gasteiger partial charge is 0.254 e. The summed E-state index contributed by atoms with van der Waals surface area (Å²) in [5.74, 6) is 0.735. The highest BCUT2D eigenvalue weighted by atomic mass is 79.9. The molecule has 1 saturated heterocycles. The van der Waals surface area contributed by atoms with Gasteiger partial charge in [-0.15, -0.1) is 0 Å². The van der Waals surface area contributed by atoms with Crippen molar-refractivity contribution in [3.05, 3.63) is 28.2 Å². The van der Waals surface area contributed by atoms with Crippen LogP contribution in [0.2, 0.25) is 0 Å². The number of halogens is 1. The second kappa shape index (κ2) is 6.39. The van der Waals surface area contributed by atoms with Crippen molar-refractivity contribution in [3.63, 3.8) is 0 Å². The molecule has 5 heteroatoms. The van der Waals surface area contributed by atoms with Gasteiger partial charge in [0.15, 0.2) is 0 Å². The summed E-state index contributed by atoms with van der Waals surface area (Å²) in [5, 5.41) is 0. The average Bonchev–Trinajstić information content (AvgIpc) is 2.37. The molecule has 0 saturated carbocycles. The van der Waals surface area contributed by atoms with E-state index in [2.05, 4.69) is 15.9 Å². The second-order valence-corrected chi connectivity index (χ2v) is 5.46. The lowest BCUT2D eigenvalue weighted by molar-refractivity contribution is -0.0124. The van der Waals surface area contributed by atoms with Crippen molar-refractivity contribution in [2.24, 2.45) is 0 Å². The first-order chi connectivity index (χ1) is 9.10. The van der Waals surface area contributed by atoms with Gasteiger partial charge in [0.05, 0.1) is 19.3 Å². The summed E-state index contributed by atoms with van der Waals surface area (Å²) in [6.07, 6.45) is 0.0937. The number of hydrogen-bond acceptors (Lipinski definition) is 3. The molecular weight excluding hydrogens is 310 g/mol. The zero-order valence-electron chi connectivity index (χ0n) is 11.2. The summed E-state index contributed by atoms with van der Waals surface area (Å²) >= 11 is 3.41. The number of nitrogens with zero attached hydrogens (tertiary/aromatic N) is 1. The predicted molar refractivity (Wildman–Crippen MR) is 76.6 cm³/mol. The van der Waals surface area contributed by atoms with E-state index in [1.807, 2.05) is 30.9 Å². The van der Waals surface area contributed by atoms with Crippen LogP contribution in [0.5, 0.6) is 5.75 Å². The lowest BCUT2D eigenvalue weighted by Crippen LogP contribution is -2.44. The Labute approximate surface area is 121 Å².